The fraction of sp³-hybridized carbons (Fsp3) is 0.343. The largest absolute Gasteiger partial charge is 0.478 e. The van der Waals surface area contributed by atoms with E-state index in [-0.39, 0.29) is 53.3 Å². The van der Waals surface area contributed by atoms with Gasteiger partial charge < -0.3 is 24.4 Å². The first-order valence-corrected chi connectivity index (χ1v) is 14.4. The van der Waals surface area contributed by atoms with Crippen LogP contribution < -0.4 is 0 Å². The summed E-state index contributed by atoms with van der Waals surface area (Å²) in [5.74, 6) is -4.26. The molecular formula is C35H40O10. The van der Waals surface area contributed by atoms with Crippen molar-refractivity contribution < 1.29 is 48.4 Å². The first kappa shape index (κ1) is 36.2. The molecule has 0 amide bonds. The molecule has 0 aliphatic heterocycles. The predicted octanol–water partition coefficient (Wildman–Crippen LogP) is 6.53. The monoisotopic (exact) mass is 620 g/mol. The summed E-state index contributed by atoms with van der Waals surface area (Å²) in [6.07, 6.45) is -0.543. The first-order valence-electron chi connectivity index (χ1n) is 14.4. The van der Waals surface area contributed by atoms with Crippen LogP contribution in [0, 0.1) is 17.3 Å². The van der Waals surface area contributed by atoms with Crippen LogP contribution in [0.4, 0.5) is 0 Å². The summed E-state index contributed by atoms with van der Waals surface area (Å²) in [6, 6.07) is 21.2. The van der Waals surface area contributed by atoms with Gasteiger partial charge in [-0.15, -0.1) is 0 Å². The number of rotatable bonds is 12. The highest BCUT2D eigenvalue weighted by Gasteiger charge is 2.37. The number of carbonyl (C=O) groups excluding carboxylic acids is 3. The van der Waals surface area contributed by atoms with Crippen molar-refractivity contribution in [3.63, 3.8) is 0 Å². The van der Waals surface area contributed by atoms with Crippen LogP contribution in [0.5, 0.6) is 0 Å². The second-order valence-electron chi connectivity index (χ2n) is 11.6. The Kier molecular flexibility index (Phi) is 13.5. The van der Waals surface area contributed by atoms with Gasteiger partial charge >= 0.3 is 29.8 Å². The molecule has 0 aliphatic carbocycles. The summed E-state index contributed by atoms with van der Waals surface area (Å²) in [6.45, 7) is 11.4. The van der Waals surface area contributed by atoms with Crippen molar-refractivity contribution in [2.75, 3.05) is 6.61 Å². The molecule has 0 bridgehead atoms. The van der Waals surface area contributed by atoms with Gasteiger partial charge in [0.2, 0.25) is 0 Å². The van der Waals surface area contributed by atoms with E-state index in [1.54, 1.807) is 38.1 Å². The van der Waals surface area contributed by atoms with E-state index in [1.807, 2.05) is 58.0 Å². The standard InChI is InChI=1S/C27H34O6.C8H6O4/c1-18(2)23(27(5,6)17-32-24(28)19(3)4)33-26(30)22-15-11-10-14-21(22)25(29)31-16-20-12-8-7-9-13-20;9-7(10)5-3-1-2-4-6(5)8(11)12/h7-15,18-19,23H,16-17H2,1-6H3;1-4H,(H,9,10)(H,11,12). The molecule has 3 aromatic carbocycles. The Morgan fingerprint density at radius 2 is 1.09 bits per heavy atom. The van der Waals surface area contributed by atoms with Crippen molar-refractivity contribution in [1.29, 1.82) is 0 Å². The molecule has 10 nitrogen and oxygen atoms in total. The number of esters is 3. The summed E-state index contributed by atoms with van der Waals surface area (Å²) in [5.41, 5.74) is 0.122. The Balaban J connectivity index is 0.000000490. The smallest absolute Gasteiger partial charge is 0.339 e. The molecule has 1 unspecified atom stereocenters. The Hall–Kier alpha value is -4.99. The van der Waals surface area contributed by atoms with Gasteiger partial charge in [-0.25, -0.2) is 19.2 Å². The van der Waals surface area contributed by atoms with Gasteiger partial charge in [-0.05, 0) is 35.7 Å². The zero-order valence-corrected chi connectivity index (χ0v) is 26.3. The zero-order valence-electron chi connectivity index (χ0n) is 26.3. The van der Waals surface area contributed by atoms with Gasteiger partial charge in [0.15, 0.2) is 0 Å². The van der Waals surface area contributed by atoms with Crippen LogP contribution >= 0.6 is 0 Å². The highest BCUT2D eigenvalue weighted by atomic mass is 16.6. The molecule has 3 rings (SSSR count). The Labute approximate surface area is 262 Å². The third-order valence-electron chi connectivity index (χ3n) is 6.64. The third kappa shape index (κ3) is 10.9. The lowest BCUT2D eigenvalue weighted by Crippen LogP contribution is -2.42. The van der Waals surface area contributed by atoms with E-state index in [4.69, 9.17) is 24.4 Å². The molecule has 0 saturated heterocycles. The van der Waals surface area contributed by atoms with E-state index >= 15 is 0 Å². The lowest BCUT2D eigenvalue weighted by Gasteiger charge is -2.36. The third-order valence-corrected chi connectivity index (χ3v) is 6.64. The van der Waals surface area contributed by atoms with Gasteiger partial charge in [-0.2, -0.15) is 0 Å². The average molecular weight is 621 g/mol. The molecule has 0 fully saturated rings. The molecule has 0 heterocycles. The number of benzene rings is 3. The van der Waals surface area contributed by atoms with E-state index in [0.29, 0.717) is 0 Å². The van der Waals surface area contributed by atoms with Crippen LogP contribution in [0.25, 0.3) is 0 Å². The van der Waals surface area contributed by atoms with Crippen LogP contribution in [0.15, 0.2) is 78.9 Å². The summed E-state index contributed by atoms with van der Waals surface area (Å²) in [7, 11) is 0. The number of hydrogen-bond acceptors (Lipinski definition) is 8. The van der Waals surface area contributed by atoms with Crippen LogP contribution in [0.2, 0.25) is 0 Å². The van der Waals surface area contributed by atoms with Crippen LogP contribution in [-0.4, -0.2) is 52.8 Å². The summed E-state index contributed by atoms with van der Waals surface area (Å²) in [4.78, 5) is 58.7. The fourth-order valence-corrected chi connectivity index (χ4v) is 4.38. The molecule has 3 aromatic rings. The highest BCUT2D eigenvalue weighted by Crippen LogP contribution is 2.31. The maximum Gasteiger partial charge on any atom is 0.339 e. The lowest BCUT2D eigenvalue weighted by molar-refractivity contribution is -0.153. The van der Waals surface area contributed by atoms with E-state index in [9.17, 15) is 24.0 Å². The number of ether oxygens (including phenoxy) is 3. The van der Waals surface area contributed by atoms with Crippen molar-refractivity contribution >= 4 is 29.8 Å². The number of aromatic carboxylic acids is 2. The van der Waals surface area contributed by atoms with E-state index in [2.05, 4.69) is 0 Å². The highest BCUT2D eigenvalue weighted by molar-refractivity contribution is 6.03. The van der Waals surface area contributed by atoms with Gasteiger partial charge in [0, 0.05) is 5.41 Å². The van der Waals surface area contributed by atoms with Crippen LogP contribution in [0.3, 0.4) is 0 Å². The quantitative estimate of drug-likeness (QED) is 0.169. The van der Waals surface area contributed by atoms with E-state index in [1.165, 1.54) is 24.3 Å². The summed E-state index contributed by atoms with van der Waals surface area (Å²) >= 11 is 0. The normalized spacial score (nSPS) is 11.6. The number of carbonyl (C=O) groups is 5. The maximum atomic E-state index is 13.1. The van der Waals surface area contributed by atoms with Gasteiger partial charge in [0.05, 0.1) is 34.8 Å². The van der Waals surface area contributed by atoms with E-state index < -0.39 is 35.4 Å². The summed E-state index contributed by atoms with van der Waals surface area (Å²) < 4.78 is 16.7. The molecule has 0 saturated carbocycles. The molecule has 0 spiro atoms. The Bertz CT molecular complexity index is 1440. The minimum Gasteiger partial charge on any atom is -0.478 e. The lowest BCUT2D eigenvalue weighted by atomic mass is 9.81. The Morgan fingerprint density at radius 1 is 0.644 bits per heavy atom. The molecule has 240 valence electrons. The molecule has 1 atom stereocenters. The maximum absolute atomic E-state index is 13.1. The van der Waals surface area contributed by atoms with Gasteiger partial charge in [0.1, 0.15) is 12.7 Å². The Morgan fingerprint density at radius 3 is 1.53 bits per heavy atom. The predicted molar refractivity (Wildman–Crippen MR) is 166 cm³/mol. The number of carboxylic acids is 2. The van der Waals surface area contributed by atoms with Crippen LogP contribution in [0.1, 0.15) is 88.5 Å². The van der Waals surface area contributed by atoms with Gasteiger partial charge in [-0.3, -0.25) is 4.79 Å². The minimum atomic E-state index is -1.23. The number of carboxylic acid groups (broad SMARTS) is 2. The average Bonchev–Trinajstić information content (AvgIpc) is 3.01. The van der Waals surface area contributed by atoms with Gasteiger partial charge in [0.25, 0.3) is 0 Å². The first-order chi connectivity index (χ1) is 21.2. The molecule has 0 aliphatic rings. The molecule has 2 N–H and O–H groups in total. The van der Waals surface area contributed by atoms with Crippen molar-refractivity contribution in [3.05, 3.63) is 107 Å². The molecule has 0 aromatic heterocycles. The van der Waals surface area contributed by atoms with E-state index in [0.717, 1.165) is 5.56 Å². The molecule has 0 radical (unpaired) electrons. The number of hydrogen-bond donors (Lipinski definition) is 2. The second kappa shape index (κ2) is 16.7. The van der Waals surface area contributed by atoms with Gasteiger partial charge in [-0.1, -0.05) is 96.1 Å². The molecule has 10 heteroatoms. The summed E-state index contributed by atoms with van der Waals surface area (Å²) in [5, 5.41) is 17.1. The minimum absolute atomic E-state index is 0.0427. The topological polar surface area (TPSA) is 154 Å². The molecule has 45 heavy (non-hydrogen) atoms. The SMILES string of the molecule is CC(C)C(=O)OCC(C)(C)C(OC(=O)c1ccccc1C(=O)OCc1ccccc1)C(C)C.O=C(O)c1ccccc1C(=O)O. The van der Waals surface area contributed by atoms with Crippen molar-refractivity contribution in [3.8, 4) is 0 Å². The van der Waals surface area contributed by atoms with Crippen molar-refractivity contribution in [2.45, 2.75) is 54.3 Å². The second-order valence-corrected chi connectivity index (χ2v) is 11.6. The van der Waals surface area contributed by atoms with Crippen molar-refractivity contribution in [2.24, 2.45) is 17.3 Å². The van der Waals surface area contributed by atoms with Crippen molar-refractivity contribution in [1.82, 2.24) is 0 Å². The van der Waals surface area contributed by atoms with Crippen LogP contribution in [-0.2, 0) is 25.6 Å². The fourth-order valence-electron chi connectivity index (χ4n) is 4.38. The molecular weight excluding hydrogens is 580 g/mol. The zero-order chi connectivity index (χ0) is 33.7.